The van der Waals surface area contributed by atoms with E-state index in [1.165, 1.54) is 0 Å². The van der Waals surface area contributed by atoms with E-state index in [9.17, 15) is 4.79 Å². The van der Waals surface area contributed by atoms with E-state index in [2.05, 4.69) is 50.7 Å². The molecule has 2 aliphatic heterocycles. The van der Waals surface area contributed by atoms with E-state index < -0.39 is 0 Å². The average Bonchev–Trinajstić information content (AvgIpc) is 3.13. The maximum Gasteiger partial charge on any atom is 0.257 e. The number of rotatable bonds is 0. The summed E-state index contributed by atoms with van der Waals surface area (Å²) >= 11 is 0. The van der Waals surface area contributed by atoms with Crippen molar-refractivity contribution in [2.75, 3.05) is 23.8 Å². The number of hydrogen-bond acceptors (Lipinski definition) is 6. The van der Waals surface area contributed by atoms with Crippen LogP contribution in [0.1, 0.15) is 11.1 Å². The van der Waals surface area contributed by atoms with Crippen molar-refractivity contribution < 1.29 is 9.53 Å². The Morgan fingerprint density at radius 2 is 1.64 bits per heavy atom. The van der Waals surface area contributed by atoms with Gasteiger partial charge in [0, 0.05) is 42.9 Å². The minimum atomic E-state index is -0.190. The fourth-order valence-corrected chi connectivity index (χ4v) is 4.50. The number of amides is 1. The van der Waals surface area contributed by atoms with Crippen molar-refractivity contribution in [3.63, 3.8) is 0 Å². The summed E-state index contributed by atoms with van der Waals surface area (Å²) in [5, 5.41) is 6.48. The summed E-state index contributed by atoms with van der Waals surface area (Å²) in [7, 11) is 0. The van der Waals surface area contributed by atoms with Gasteiger partial charge in [0.1, 0.15) is 12.4 Å². The third kappa shape index (κ3) is 4.52. The van der Waals surface area contributed by atoms with Gasteiger partial charge in [-0.05, 0) is 64.2 Å². The van der Waals surface area contributed by atoms with Crippen LogP contribution in [0.25, 0.3) is 27.8 Å². The number of nitrogens with zero attached hydrogens (tertiary/aromatic N) is 1. The molecule has 7 nitrogen and oxygen atoms in total. The lowest BCUT2D eigenvalue weighted by atomic mass is 9.95. The van der Waals surface area contributed by atoms with Gasteiger partial charge in [0.05, 0.1) is 11.3 Å². The number of pyridine rings is 1. The molecule has 0 atom stereocenters. The number of carbonyl (C=O) groups is 1. The topological polar surface area (TPSA) is 87.3 Å². The van der Waals surface area contributed by atoms with Crippen LogP contribution in [0.4, 0.5) is 11.4 Å². The Kier molecular flexibility index (Phi) is 5.81. The van der Waals surface area contributed by atoms with Gasteiger partial charge in [-0.3, -0.25) is 9.78 Å². The second-order valence-electron chi connectivity index (χ2n) is 8.73. The van der Waals surface area contributed by atoms with Crippen LogP contribution in [0.15, 0.2) is 91.4 Å². The predicted octanol–water partition coefficient (Wildman–Crippen LogP) is 4.81. The first-order valence-electron chi connectivity index (χ1n) is 11.9. The van der Waals surface area contributed by atoms with Crippen molar-refractivity contribution in [3.8, 4) is 28.0 Å². The molecular weight excluding hydrogens is 450 g/mol. The van der Waals surface area contributed by atoms with Gasteiger partial charge in [-0.2, -0.15) is 0 Å². The van der Waals surface area contributed by atoms with Gasteiger partial charge in [-0.25, -0.2) is 5.43 Å². The van der Waals surface area contributed by atoms with Crippen LogP contribution in [0.3, 0.4) is 0 Å². The number of hydrogen-bond donors (Lipinski definition) is 4. The number of carbonyl (C=O) groups excluding carboxylic acids is 1. The third-order valence-corrected chi connectivity index (χ3v) is 6.30. The van der Waals surface area contributed by atoms with Crippen LogP contribution < -0.4 is 26.2 Å². The van der Waals surface area contributed by atoms with E-state index >= 15 is 0 Å². The normalized spacial score (nSPS) is 14.8. The van der Waals surface area contributed by atoms with E-state index in [4.69, 9.17) is 4.74 Å². The fourth-order valence-electron chi connectivity index (χ4n) is 4.50. The molecule has 4 aromatic rings. The average molecular weight is 476 g/mol. The Labute approximate surface area is 209 Å². The molecule has 1 amide bonds. The summed E-state index contributed by atoms with van der Waals surface area (Å²) in [5.74, 6) is 0.601. The van der Waals surface area contributed by atoms with E-state index in [0.717, 1.165) is 50.5 Å². The Hall–Kier alpha value is -4.62. The van der Waals surface area contributed by atoms with Gasteiger partial charge in [-0.1, -0.05) is 36.4 Å². The third-order valence-electron chi connectivity index (χ3n) is 6.30. The molecule has 3 heterocycles. The lowest BCUT2D eigenvalue weighted by Gasteiger charge is -2.14. The molecule has 36 heavy (non-hydrogen) atoms. The number of anilines is 2. The van der Waals surface area contributed by atoms with E-state index in [1.807, 2.05) is 54.7 Å². The molecular formula is C29H25N5O2. The van der Waals surface area contributed by atoms with E-state index in [0.29, 0.717) is 25.3 Å². The molecule has 2 aliphatic rings. The highest BCUT2D eigenvalue weighted by molar-refractivity contribution is 6.25. The van der Waals surface area contributed by atoms with E-state index in [-0.39, 0.29) is 5.91 Å². The Morgan fingerprint density at radius 3 is 2.58 bits per heavy atom. The van der Waals surface area contributed by atoms with Gasteiger partial charge in [0.2, 0.25) is 0 Å². The minimum Gasteiger partial charge on any atom is -0.492 e. The number of aromatic nitrogens is 1. The fraction of sp³-hybridized carbons (Fsp3) is 0.103. The summed E-state index contributed by atoms with van der Waals surface area (Å²) in [5.41, 5.74) is 14.2. The monoisotopic (exact) mass is 475 g/mol. The van der Waals surface area contributed by atoms with Crippen molar-refractivity contribution in [2.45, 2.75) is 6.54 Å². The van der Waals surface area contributed by atoms with E-state index in [1.54, 1.807) is 12.4 Å². The molecule has 7 heteroatoms. The van der Waals surface area contributed by atoms with Crippen LogP contribution in [-0.2, 0) is 11.3 Å². The van der Waals surface area contributed by atoms with Crippen LogP contribution >= 0.6 is 0 Å². The second kappa shape index (κ2) is 9.56. The first kappa shape index (κ1) is 21.9. The number of hydrazine groups is 1. The molecule has 178 valence electrons. The maximum absolute atomic E-state index is 13.5. The lowest BCUT2D eigenvalue weighted by molar-refractivity contribution is -0.111. The molecule has 3 aromatic carbocycles. The molecule has 0 saturated carbocycles. The van der Waals surface area contributed by atoms with Crippen molar-refractivity contribution in [1.29, 1.82) is 0 Å². The summed E-state index contributed by atoms with van der Waals surface area (Å²) < 4.78 is 6.00. The molecule has 0 unspecified atom stereocenters. The number of ether oxygens (including phenoxy) is 1. The SMILES string of the molecule is O=C1Nc2cccc(c2)-c2cccc(c2)OCCNc2cncc(c2)-c2ccc3c(c2)C1=CNNC3. The van der Waals surface area contributed by atoms with Crippen molar-refractivity contribution in [1.82, 2.24) is 15.8 Å². The first-order chi connectivity index (χ1) is 17.7. The smallest absolute Gasteiger partial charge is 0.257 e. The summed E-state index contributed by atoms with van der Waals surface area (Å²) in [6, 6.07) is 24.0. The highest BCUT2D eigenvalue weighted by Gasteiger charge is 2.19. The first-order valence-corrected chi connectivity index (χ1v) is 11.9. The quantitative estimate of drug-likeness (QED) is 0.292. The van der Waals surface area contributed by atoms with Gasteiger partial charge in [0.15, 0.2) is 0 Å². The molecule has 0 fully saturated rings. The second-order valence-corrected chi connectivity index (χ2v) is 8.73. The van der Waals surface area contributed by atoms with Gasteiger partial charge >= 0.3 is 0 Å². The summed E-state index contributed by atoms with van der Waals surface area (Å²) in [6.07, 6.45) is 5.35. The Morgan fingerprint density at radius 1 is 0.806 bits per heavy atom. The summed E-state index contributed by atoms with van der Waals surface area (Å²) in [4.78, 5) is 17.9. The van der Waals surface area contributed by atoms with Crippen LogP contribution in [-0.4, -0.2) is 24.0 Å². The molecule has 1 aromatic heterocycles. The zero-order valence-corrected chi connectivity index (χ0v) is 19.5. The number of benzene rings is 3. The molecule has 6 rings (SSSR count). The molecule has 0 saturated heterocycles. The molecule has 0 radical (unpaired) electrons. The molecule has 8 bridgehead atoms. The highest BCUT2D eigenvalue weighted by Crippen LogP contribution is 2.31. The lowest BCUT2D eigenvalue weighted by Crippen LogP contribution is -2.25. The van der Waals surface area contributed by atoms with Crippen LogP contribution in [0.5, 0.6) is 5.75 Å². The van der Waals surface area contributed by atoms with Crippen LogP contribution in [0.2, 0.25) is 0 Å². The summed E-state index contributed by atoms with van der Waals surface area (Å²) in [6.45, 7) is 1.74. The largest absolute Gasteiger partial charge is 0.492 e. The standard InChI is InChI=1S/C29H25N5O2/c35-29-28-18-33-32-16-22-8-7-21(14-27(22)28)23-12-25(17-30-15-23)31-9-10-36-26-6-2-4-20(13-26)19-3-1-5-24(11-19)34-29/h1-8,11-15,17-18,31-33H,9-10,16H2,(H,34,35). The van der Waals surface area contributed by atoms with Gasteiger partial charge < -0.3 is 20.8 Å². The zero-order chi connectivity index (χ0) is 24.3. The molecule has 4 N–H and O–H groups in total. The van der Waals surface area contributed by atoms with Gasteiger partial charge in [-0.15, -0.1) is 0 Å². The zero-order valence-electron chi connectivity index (χ0n) is 19.5. The van der Waals surface area contributed by atoms with Crippen LogP contribution in [0, 0.1) is 0 Å². The van der Waals surface area contributed by atoms with Gasteiger partial charge in [0.25, 0.3) is 5.91 Å². The predicted molar refractivity (Wildman–Crippen MR) is 142 cm³/mol. The maximum atomic E-state index is 13.5. The molecule has 0 aliphatic carbocycles. The minimum absolute atomic E-state index is 0.190. The number of nitrogens with one attached hydrogen (secondary N) is 4. The van der Waals surface area contributed by atoms with Crippen molar-refractivity contribution >= 4 is 22.9 Å². The molecule has 0 spiro atoms. The number of fused-ring (bicyclic) bond motifs is 9. The van der Waals surface area contributed by atoms with Crippen molar-refractivity contribution in [2.24, 2.45) is 0 Å². The van der Waals surface area contributed by atoms with Crippen molar-refractivity contribution in [3.05, 3.63) is 103 Å². The Balaban J connectivity index is 1.45. The highest BCUT2D eigenvalue weighted by atomic mass is 16.5. The Bertz CT molecular complexity index is 1480.